The Labute approximate surface area is 120 Å². The molecular formula is C15H22N4O. The molecule has 0 amide bonds. The number of hydrogen-bond acceptors (Lipinski definition) is 5. The fraction of sp³-hybridized carbons (Fsp3) is 0.467. The van der Waals surface area contributed by atoms with Crippen LogP contribution in [0, 0.1) is 0 Å². The van der Waals surface area contributed by atoms with Gasteiger partial charge in [0.05, 0.1) is 12.8 Å². The van der Waals surface area contributed by atoms with E-state index in [1.807, 2.05) is 18.2 Å². The molecule has 0 spiro atoms. The van der Waals surface area contributed by atoms with Gasteiger partial charge in [-0.2, -0.15) is 4.98 Å². The van der Waals surface area contributed by atoms with Gasteiger partial charge in [-0.3, -0.25) is 0 Å². The summed E-state index contributed by atoms with van der Waals surface area (Å²) >= 11 is 0. The molecule has 108 valence electrons. The van der Waals surface area contributed by atoms with Crippen molar-refractivity contribution in [2.45, 2.75) is 33.2 Å². The minimum atomic E-state index is 0.630. The van der Waals surface area contributed by atoms with Crippen molar-refractivity contribution in [3.05, 3.63) is 36.4 Å². The Morgan fingerprint density at radius 3 is 2.65 bits per heavy atom. The molecule has 2 heterocycles. The summed E-state index contributed by atoms with van der Waals surface area (Å²) in [5.74, 6) is 2.51. The number of nitrogens with one attached hydrogen (secondary N) is 1. The number of aromatic nitrogens is 2. The summed E-state index contributed by atoms with van der Waals surface area (Å²) in [6, 6.07) is 5.70. The summed E-state index contributed by atoms with van der Waals surface area (Å²) in [4.78, 5) is 11.2. The van der Waals surface area contributed by atoms with Gasteiger partial charge in [0.15, 0.2) is 0 Å². The molecule has 2 aromatic rings. The predicted molar refractivity (Wildman–Crippen MR) is 80.9 cm³/mol. The van der Waals surface area contributed by atoms with Crippen molar-refractivity contribution >= 4 is 11.8 Å². The van der Waals surface area contributed by atoms with Crippen LogP contribution in [-0.2, 0) is 6.54 Å². The average Bonchev–Trinajstić information content (AvgIpc) is 2.98. The van der Waals surface area contributed by atoms with Crippen LogP contribution < -0.4 is 10.2 Å². The first-order valence-electron chi connectivity index (χ1n) is 7.17. The number of anilines is 2. The Hall–Kier alpha value is -2.04. The zero-order valence-electron chi connectivity index (χ0n) is 12.2. The molecule has 5 nitrogen and oxygen atoms in total. The van der Waals surface area contributed by atoms with E-state index in [1.165, 1.54) is 0 Å². The molecule has 2 rings (SSSR count). The second-order valence-corrected chi connectivity index (χ2v) is 4.66. The van der Waals surface area contributed by atoms with Crippen LogP contribution in [0.4, 0.5) is 11.8 Å². The van der Waals surface area contributed by atoms with Gasteiger partial charge in [0.2, 0.25) is 5.95 Å². The fourth-order valence-electron chi connectivity index (χ4n) is 2.04. The number of rotatable bonds is 8. The van der Waals surface area contributed by atoms with Crippen molar-refractivity contribution in [3.8, 4) is 0 Å². The Kier molecular flexibility index (Phi) is 5.41. The largest absolute Gasteiger partial charge is 0.467 e. The van der Waals surface area contributed by atoms with E-state index in [2.05, 4.69) is 34.0 Å². The van der Waals surface area contributed by atoms with Gasteiger partial charge in [-0.15, -0.1) is 0 Å². The lowest BCUT2D eigenvalue weighted by Crippen LogP contribution is -2.27. The first-order valence-corrected chi connectivity index (χ1v) is 7.17. The second-order valence-electron chi connectivity index (χ2n) is 4.66. The van der Waals surface area contributed by atoms with Crippen molar-refractivity contribution in [1.82, 2.24) is 9.97 Å². The minimum Gasteiger partial charge on any atom is -0.467 e. The molecule has 0 aliphatic rings. The topological polar surface area (TPSA) is 54.2 Å². The molecule has 0 atom stereocenters. The van der Waals surface area contributed by atoms with E-state index >= 15 is 0 Å². The summed E-state index contributed by atoms with van der Waals surface area (Å²) < 4.78 is 5.29. The molecule has 0 saturated heterocycles. The monoisotopic (exact) mass is 274 g/mol. The van der Waals surface area contributed by atoms with E-state index in [1.54, 1.807) is 12.5 Å². The third-order valence-electron chi connectivity index (χ3n) is 2.94. The maximum absolute atomic E-state index is 5.29. The lowest BCUT2D eigenvalue weighted by atomic mass is 10.3. The lowest BCUT2D eigenvalue weighted by molar-refractivity contribution is 0.518. The number of hydrogen-bond donors (Lipinski definition) is 1. The lowest BCUT2D eigenvalue weighted by Gasteiger charge is -2.21. The third kappa shape index (κ3) is 3.98. The summed E-state index contributed by atoms with van der Waals surface area (Å²) in [6.07, 6.45) is 5.65. The SMILES string of the molecule is CCCN(CCC)c1nccc(NCc2ccco2)n1. The van der Waals surface area contributed by atoms with E-state index in [9.17, 15) is 0 Å². The van der Waals surface area contributed by atoms with Crippen molar-refractivity contribution in [1.29, 1.82) is 0 Å². The van der Waals surface area contributed by atoms with Gasteiger partial charge in [-0.25, -0.2) is 4.98 Å². The summed E-state index contributed by atoms with van der Waals surface area (Å²) in [5.41, 5.74) is 0. The summed E-state index contributed by atoms with van der Waals surface area (Å²) in [6.45, 7) is 6.93. The van der Waals surface area contributed by atoms with Gasteiger partial charge in [0.1, 0.15) is 11.6 Å². The highest BCUT2D eigenvalue weighted by Gasteiger charge is 2.08. The molecule has 0 aliphatic heterocycles. The molecule has 0 unspecified atom stereocenters. The van der Waals surface area contributed by atoms with Gasteiger partial charge < -0.3 is 14.6 Å². The van der Waals surface area contributed by atoms with Crippen LogP contribution in [0.5, 0.6) is 0 Å². The molecular weight excluding hydrogens is 252 g/mol. The Balaban J connectivity index is 2.02. The highest BCUT2D eigenvalue weighted by atomic mass is 16.3. The molecule has 1 N–H and O–H groups in total. The van der Waals surface area contributed by atoms with Crippen molar-refractivity contribution < 1.29 is 4.42 Å². The van der Waals surface area contributed by atoms with Crippen LogP contribution in [0.1, 0.15) is 32.4 Å². The van der Waals surface area contributed by atoms with Crippen molar-refractivity contribution in [3.63, 3.8) is 0 Å². The van der Waals surface area contributed by atoms with Gasteiger partial charge >= 0.3 is 0 Å². The zero-order chi connectivity index (χ0) is 14.2. The fourth-order valence-corrected chi connectivity index (χ4v) is 2.04. The number of furan rings is 1. The van der Waals surface area contributed by atoms with E-state index in [0.717, 1.165) is 43.5 Å². The van der Waals surface area contributed by atoms with Crippen LogP contribution in [0.25, 0.3) is 0 Å². The summed E-state index contributed by atoms with van der Waals surface area (Å²) in [5, 5.41) is 3.26. The molecule has 0 saturated carbocycles. The highest BCUT2D eigenvalue weighted by molar-refractivity contribution is 5.41. The van der Waals surface area contributed by atoms with Gasteiger partial charge in [0, 0.05) is 19.3 Å². The Morgan fingerprint density at radius 1 is 1.20 bits per heavy atom. The molecule has 0 radical (unpaired) electrons. The average molecular weight is 274 g/mol. The van der Waals surface area contributed by atoms with E-state index < -0.39 is 0 Å². The van der Waals surface area contributed by atoms with Crippen molar-refractivity contribution in [2.24, 2.45) is 0 Å². The molecule has 0 aliphatic carbocycles. The molecule has 0 bridgehead atoms. The quantitative estimate of drug-likeness (QED) is 0.800. The normalized spacial score (nSPS) is 10.5. The first kappa shape index (κ1) is 14.4. The Morgan fingerprint density at radius 2 is 2.00 bits per heavy atom. The van der Waals surface area contributed by atoms with Crippen molar-refractivity contribution in [2.75, 3.05) is 23.3 Å². The minimum absolute atomic E-state index is 0.630. The van der Waals surface area contributed by atoms with Crippen LogP contribution in [0.2, 0.25) is 0 Å². The van der Waals surface area contributed by atoms with E-state index in [4.69, 9.17) is 4.42 Å². The second kappa shape index (κ2) is 7.53. The van der Waals surface area contributed by atoms with Gasteiger partial charge in [-0.1, -0.05) is 13.8 Å². The van der Waals surface area contributed by atoms with Crippen LogP contribution in [0.3, 0.4) is 0 Å². The van der Waals surface area contributed by atoms with Crippen LogP contribution >= 0.6 is 0 Å². The molecule has 5 heteroatoms. The number of nitrogens with zero attached hydrogens (tertiary/aromatic N) is 3. The molecule has 20 heavy (non-hydrogen) atoms. The van der Waals surface area contributed by atoms with E-state index in [-0.39, 0.29) is 0 Å². The smallest absolute Gasteiger partial charge is 0.227 e. The Bertz CT molecular complexity index is 492. The maximum Gasteiger partial charge on any atom is 0.227 e. The molecule has 2 aromatic heterocycles. The van der Waals surface area contributed by atoms with Crippen LogP contribution in [0.15, 0.2) is 35.1 Å². The standard InChI is InChI=1S/C15H22N4O/c1-3-9-19(10-4-2)15-16-8-7-14(18-15)17-12-13-6-5-11-20-13/h5-8,11H,3-4,9-10,12H2,1-2H3,(H,16,17,18). The predicted octanol–water partition coefficient (Wildman–Crippen LogP) is 3.31. The third-order valence-corrected chi connectivity index (χ3v) is 2.94. The molecule has 0 aromatic carbocycles. The van der Waals surface area contributed by atoms with Crippen LogP contribution in [-0.4, -0.2) is 23.1 Å². The highest BCUT2D eigenvalue weighted by Crippen LogP contribution is 2.13. The first-order chi connectivity index (χ1) is 9.83. The zero-order valence-corrected chi connectivity index (χ0v) is 12.2. The summed E-state index contributed by atoms with van der Waals surface area (Å²) in [7, 11) is 0. The molecule has 0 fully saturated rings. The van der Waals surface area contributed by atoms with E-state index in [0.29, 0.717) is 6.54 Å². The maximum atomic E-state index is 5.29. The van der Waals surface area contributed by atoms with Gasteiger partial charge in [-0.05, 0) is 31.0 Å². The van der Waals surface area contributed by atoms with Gasteiger partial charge in [0.25, 0.3) is 0 Å².